The van der Waals surface area contributed by atoms with Crippen LogP contribution in [0.3, 0.4) is 0 Å². The molecule has 0 spiro atoms. The number of halogens is 1. The van der Waals surface area contributed by atoms with Gasteiger partial charge in [0, 0.05) is 24.8 Å². The van der Waals surface area contributed by atoms with E-state index in [-0.39, 0.29) is 30.3 Å². The van der Waals surface area contributed by atoms with Gasteiger partial charge >= 0.3 is 12.6 Å². The number of rotatable bonds is 11. The summed E-state index contributed by atoms with van der Waals surface area (Å²) in [4.78, 5) is 25.8. The second kappa shape index (κ2) is 12.8. The third-order valence-electron chi connectivity index (χ3n) is 7.17. The first-order valence-electron chi connectivity index (χ1n) is 14.6. The van der Waals surface area contributed by atoms with Gasteiger partial charge < -0.3 is 29.6 Å². The zero-order valence-electron chi connectivity index (χ0n) is 26.1. The molecule has 5 rings (SSSR count). The number of carbonyl (C=O) groups excluding carboxylic acids is 1. The average Bonchev–Trinajstić information content (AvgIpc) is 3.53. The van der Waals surface area contributed by atoms with Crippen molar-refractivity contribution in [1.82, 2.24) is 24.6 Å². The molecule has 1 fully saturated rings. The predicted octanol–water partition coefficient (Wildman–Crippen LogP) is 5.71. The first-order chi connectivity index (χ1) is 21.2. The molecule has 0 aliphatic carbocycles. The Balaban J connectivity index is 1.38. The molecule has 45 heavy (non-hydrogen) atoms. The lowest BCUT2D eigenvalue weighted by atomic mass is 9.99. The highest BCUT2D eigenvalue weighted by Crippen LogP contribution is 2.50. The largest absolute Gasteiger partial charge is 0.464 e. The molecule has 12 nitrogen and oxygen atoms in total. The molecule has 15 heteroatoms. The van der Waals surface area contributed by atoms with Crippen molar-refractivity contribution in [2.24, 2.45) is 11.3 Å². The zero-order valence-corrected chi connectivity index (χ0v) is 27.8. The number of aromatic nitrogens is 4. The number of imidazole rings is 1. The maximum atomic E-state index is 16.4. The molecule has 3 heterocycles. The van der Waals surface area contributed by atoms with E-state index in [0.717, 1.165) is 10.8 Å². The third kappa shape index (κ3) is 7.53. The van der Waals surface area contributed by atoms with E-state index in [2.05, 4.69) is 25.4 Å². The number of nitrogens with two attached hydrogens (primary N) is 1. The Bertz CT molecular complexity index is 1750. The summed E-state index contributed by atoms with van der Waals surface area (Å²) in [6, 6.07) is 12.2. The van der Waals surface area contributed by atoms with E-state index >= 15 is 4.39 Å². The average molecular weight is 660 g/mol. The summed E-state index contributed by atoms with van der Waals surface area (Å²) in [5, 5.41) is 7.66. The highest BCUT2D eigenvalue weighted by Gasteiger charge is 2.48. The van der Waals surface area contributed by atoms with Crippen molar-refractivity contribution in [1.29, 1.82) is 0 Å². The number of nitrogen functional groups attached to an aromatic ring is 1. The van der Waals surface area contributed by atoms with Crippen molar-refractivity contribution in [3.8, 4) is 5.75 Å². The van der Waals surface area contributed by atoms with E-state index in [4.69, 9.17) is 36.1 Å². The van der Waals surface area contributed by atoms with Gasteiger partial charge in [0.25, 0.3) is 0 Å². The highest BCUT2D eigenvalue weighted by molar-refractivity contribution is 8.09. The van der Waals surface area contributed by atoms with E-state index in [1.807, 2.05) is 64.1 Å². The molecule has 2 aromatic heterocycles. The lowest BCUT2D eigenvalue weighted by Crippen LogP contribution is -2.38. The Morgan fingerprint density at radius 1 is 1.27 bits per heavy atom. The fraction of sp³-hybridized carbons (Fsp3) is 0.467. The van der Waals surface area contributed by atoms with Crippen molar-refractivity contribution in [3.05, 3.63) is 48.8 Å². The van der Waals surface area contributed by atoms with Crippen LogP contribution in [0.5, 0.6) is 5.75 Å². The molecule has 1 aliphatic heterocycles. The van der Waals surface area contributed by atoms with Crippen LogP contribution < -0.4 is 20.7 Å². The molecule has 0 saturated carbocycles. The maximum absolute atomic E-state index is 16.4. The van der Waals surface area contributed by atoms with Crippen LogP contribution >= 0.6 is 6.64 Å². The fourth-order valence-corrected chi connectivity index (χ4v) is 7.47. The number of carbonyl (C=O) groups is 1. The van der Waals surface area contributed by atoms with Gasteiger partial charge in [-0.1, -0.05) is 64.1 Å². The quantitative estimate of drug-likeness (QED) is 0.134. The first kappa shape index (κ1) is 33.0. The predicted molar refractivity (Wildman–Crippen MR) is 175 cm³/mol. The second-order valence-corrected chi connectivity index (χ2v) is 15.6. The van der Waals surface area contributed by atoms with Crippen LogP contribution in [0.15, 0.2) is 48.8 Å². The van der Waals surface area contributed by atoms with Crippen LogP contribution in [0.2, 0.25) is 0 Å². The van der Waals surface area contributed by atoms with Crippen molar-refractivity contribution < 1.29 is 27.7 Å². The Morgan fingerprint density at radius 2 is 2.00 bits per heavy atom. The van der Waals surface area contributed by atoms with Crippen molar-refractivity contribution in [2.45, 2.75) is 59.2 Å². The van der Waals surface area contributed by atoms with E-state index in [9.17, 15) is 4.79 Å². The van der Waals surface area contributed by atoms with Crippen LogP contribution in [0.1, 0.15) is 47.3 Å². The Morgan fingerprint density at radius 3 is 2.73 bits per heavy atom. The number of nitrogens with one attached hydrogen (secondary N) is 2. The number of hydrogen-bond acceptors (Lipinski definition) is 11. The molecule has 0 amide bonds. The summed E-state index contributed by atoms with van der Waals surface area (Å²) < 4.78 is 42.0. The minimum Gasteiger partial charge on any atom is -0.464 e. The summed E-state index contributed by atoms with van der Waals surface area (Å²) in [6.07, 6.45) is 0.746. The second-order valence-electron chi connectivity index (χ2n) is 12.4. The number of anilines is 2. The molecule has 0 radical (unpaired) electrons. The molecule has 1 saturated heterocycles. The number of benzene rings is 2. The maximum Gasteiger partial charge on any atom is 0.323 e. The monoisotopic (exact) mass is 659 g/mol. The highest BCUT2D eigenvalue weighted by atomic mass is 32.5. The van der Waals surface area contributed by atoms with Crippen molar-refractivity contribution in [2.75, 3.05) is 31.3 Å². The smallest absolute Gasteiger partial charge is 0.323 e. The van der Waals surface area contributed by atoms with Gasteiger partial charge in [-0.3, -0.25) is 9.36 Å². The molecular formula is C30H39FN7O5PS. The number of alkyl halides is 1. The SMILES string of the molecule is CNc1nc(N)nc2c1ncn2[C@@H]1O[C@](F)(COP(=S)(N[C@H](C)C(=O)OCC(C)(C)C)Oc2cccc3ccccc23)C[C@@H]1C. The van der Waals surface area contributed by atoms with Gasteiger partial charge in [-0.05, 0) is 35.6 Å². The molecule has 242 valence electrons. The molecule has 2 aromatic carbocycles. The number of ether oxygens (including phenoxy) is 2. The standard InChI is InChI=1S/C30H39FN7O5PS/c1-18-14-30(31,42-26(18)38-17-34-23-24(33-6)35-28(32)36-25(23)38)16-41-44(45,37-19(2)27(39)40-15-29(3,4)5)43-22-13-9-11-20-10-7-8-12-21(20)22/h7-13,17-19,26H,14-16H2,1-6H3,(H,37,45)(H3,32,33,35,36)/t18-,19+,26+,30-,44?/m0/s1. The number of hydrogen-bond donors (Lipinski definition) is 3. The topological polar surface area (TPSA) is 148 Å². The van der Waals surface area contributed by atoms with E-state index in [1.54, 1.807) is 24.6 Å². The molecule has 0 bridgehead atoms. The van der Waals surface area contributed by atoms with Gasteiger partial charge in [0.2, 0.25) is 11.8 Å². The Hall–Kier alpha value is -3.42. The molecule has 1 aliphatic rings. The molecular weight excluding hydrogens is 620 g/mol. The van der Waals surface area contributed by atoms with E-state index < -0.39 is 37.3 Å². The van der Waals surface area contributed by atoms with Gasteiger partial charge in [-0.25, -0.2) is 14.5 Å². The summed E-state index contributed by atoms with van der Waals surface area (Å²) in [6.45, 7) is 5.42. The molecule has 5 atom stereocenters. The van der Waals surface area contributed by atoms with Crippen molar-refractivity contribution >= 4 is 58.1 Å². The van der Waals surface area contributed by atoms with E-state index in [1.165, 1.54) is 6.33 Å². The zero-order chi connectivity index (χ0) is 32.6. The summed E-state index contributed by atoms with van der Waals surface area (Å²) in [7, 11) is 1.70. The molecule has 4 N–H and O–H groups in total. The van der Waals surface area contributed by atoms with Gasteiger partial charge in [-0.2, -0.15) is 9.97 Å². The first-order valence-corrected chi connectivity index (χ1v) is 17.2. The van der Waals surface area contributed by atoms with Gasteiger partial charge in [-0.15, -0.1) is 0 Å². The number of esters is 1. The normalized spacial score (nSPS) is 22.3. The van der Waals surface area contributed by atoms with Crippen LogP contribution in [-0.4, -0.2) is 57.6 Å². The van der Waals surface area contributed by atoms with Crippen LogP contribution in [-0.2, 0) is 30.6 Å². The van der Waals surface area contributed by atoms with E-state index in [0.29, 0.717) is 22.7 Å². The Kier molecular flexibility index (Phi) is 9.35. The summed E-state index contributed by atoms with van der Waals surface area (Å²) >= 11 is 5.90. The Labute approximate surface area is 266 Å². The van der Waals surface area contributed by atoms with Gasteiger partial charge in [0.15, 0.2) is 17.0 Å². The van der Waals surface area contributed by atoms with Crippen LogP contribution in [0.4, 0.5) is 16.2 Å². The number of fused-ring (bicyclic) bond motifs is 2. The fourth-order valence-electron chi connectivity index (χ4n) is 5.06. The number of nitrogens with zero attached hydrogens (tertiary/aromatic N) is 4. The lowest BCUT2D eigenvalue weighted by molar-refractivity contribution is -0.172. The van der Waals surface area contributed by atoms with Crippen molar-refractivity contribution in [3.63, 3.8) is 0 Å². The van der Waals surface area contributed by atoms with Gasteiger partial charge in [0.05, 0.1) is 12.9 Å². The van der Waals surface area contributed by atoms with Crippen LogP contribution in [0.25, 0.3) is 21.9 Å². The minimum atomic E-state index is -3.57. The molecule has 4 aromatic rings. The lowest BCUT2D eigenvalue weighted by Gasteiger charge is -2.30. The van der Waals surface area contributed by atoms with Gasteiger partial charge in [0.1, 0.15) is 24.6 Å². The third-order valence-corrected chi connectivity index (χ3v) is 9.63. The molecule has 1 unspecified atom stereocenters. The van der Waals surface area contributed by atoms with Crippen LogP contribution in [0, 0.1) is 11.3 Å². The summed E-state index contributed by atoms with van der Waals surface area (Å²) in [5.74, 6) is -2.14. The summed E-state index contributed by atoms with van der Waals surface area (Å²) in [5.41, 5.74) is 6.56. The minimum absolute atomic E-state index is 0.0103.